The molecule has 1 unspecified atom stereocenters. The lowest BCUT2D eigenvalue weighted by Gasteiger charge is -2.24. The summed E-state index contributed by atoms with van der Waals surface area (Å²) in [6.07, 6.45) is 0.346. The van der Waals surface area contributed by atoms with Crippen LogP contribution in [0.3, 0.4) is 0 Å². The van der Waals surface area contributed by atoms with Gasteiger partial charge in [0, 0.05) is 12.0 Å². The van der Waals surface area contributed by atoms with Crippen LogP contribution in [0.25, 0.3) is 0 Å². The number of rotatable bonds is 4. The van der Waals surface area contributed by atoms with Crippen molar-refractivity contribution in [1.29, 1.82) is 0 Å². The Morgan fingerprint density at radius 2 is 2.09 bits per heavy atom. The molecule has 0 rings (SSSR count). The molecular formula is C7H12O4. The van der Waals surface area contributed by atoms with Crippen molar-refractivity contribution in [3.05, 3.63) is 0 Å². The Morgan fingerprint density at radius 3 is 2.18 bits per heavy atom. The Morgan fingerprint density at radius 1 is 1.64 bits per heavy atom. The molecule has 2 N–H and O–H groups in total. The van der Waals surface area contributed by atoms with E-state index in [1.54, 1.807) is 0 Å². The molecule has 0 aliphatic heterocycles. The lowest BCUT2D eigenvalue weighted by Crippen LogP contribution is -2.34. The van der Waals surface area contributed by atoms with Crippen LogP contribution in [0.4, 0.5) is 0 Å². The summed E-state index contributed by atoms with van der Waals surface area (Å²) in [4.78, 5) is 20.7. The van der Waals surface area contributed by atoms with Gasteiger partial charge >= 0.3 is 5.97 Å². The summed E-state index contributed by atoms with van der Waals surface area (Å²) in [6, 6.07) is 0. The van der Waals surface area contributed by atoms with Crippen LogP contribution in [0, 0.1) is 11.3 Å². The van der Waals surface area contributed by atoms with E-state index >= 15 is 0 Å². The van der Waals surface area contributed by atoms with Crippen molar-refractivity contribution in [1.82, 2.24) is 0 Å². The summed E-state index contributed by atoms with van der Waals surface area (Å²) in [7, 11) is 0. The highest BCUT2D eigenvalue weighted by atomic mass is 16.4. The maximum absolute atomic E-state index is 10.4. The first kappa shape index (κ1) is 10.1. The molecule has 0 heterocycles. The Kier molecular flexibility index (Phi) is 3.19. The number of aliphatic hydroxyl groups is 1. The maximum atomic E-state index is 10.4. The second kappa shape index (κ2) is 3.48. The van der Waals surface area contributed by atoms with Gasteiger partial charge in [-0.2, -0.15) is 0 Å². The molecule has 4 heteroatoms. The highest BCUT2D eigenvalue weighted by molar-refractivity contribution is 5.87. The van der Waals surface area contributed by atoms with Gasteiger partial charge in [-0.25, -0.2) is 0 Å². The minimum absolute atomic E-state index is 0.317. The van der Waals surface area contributed by atoms with Gasteiger partial charge in [0.2, 0.25) is 0 Å². The molecule has 0 amide bonds. The first-order valence-corrected chi connectivity index (χ1v) is 3.24. The molecule has 0 aromatic rings. The Bertz CT molecular complexity index is 162. The Hall–Kier alpha value is -0.900. The van der Waals surface area contributed by atoms with Gasteiger partial charge in [-0.05, 0) is 0 Å². The normalized spacial score (nSPS) is 14.1. The van der Waals surface area contributed by atoms with E-state index in [1.165, 1.54) is 13.8 Å². The van der Waals surface area contributed by atoms with Crippen molar-refractivity contribution in [2.75, 3.05) is 6.61 Å². The zero-order valence-corrected chi connectivity index (χ0v) is 6.57. The van der Waals surface area contributed by atoms with Crippen LogP contribution in [0.5, 0.6) is 0 Å². The van der Waals surface area contributed by atoms with Crippen molar-refractivity contribution < 1.29 is 19.8 Å². The van der Waals surface area contributed by atoms with E-state index in [2.05, 4.69) is 0 Å². The number of carboxylic acids is 1. The highest BCUT2D eigenvalue weighted by Crippen LogP contribution is 2.24. The van der Waals surface area contributed by atoms with Gasteiger partial charge in [-0.3, -0.25) is 4.79 Å². The third kappa shape index (κ3) is 2.31. The largest absolute Gasteiger partial charge is 0.481 e. The molecule has 0 aromatic heterocycles. The number of hydrogen-bond acceptors (Lipinski definition) is 3. The van der Waals surface area contributed by atoms with E-state index in [-0.39, 0.29) is 6.61 Å². The SMILES string of the molecule is CC(C)(CO)C(C=O)C(=O)O. The molecule has 4 nitrogen and oxygen atoms in total. The van der Waals surface area contributed by atoms with Crippen molar-refractivity contribution in [3.63, 3.8) is 0 Å². The van der Waals surface area contributed by atoms with E-state index in [4.69, 9.17) is 10.2 Å². The van der Waals surface area contributed by atoms with Crippen molar-refractivity contribution >= 4 is 12.3 Å². The molecule has 11 heavy (non-hydrogen) atoms. The highest BCUT2D eigenvalue weighted by Gasteiger charge is 2.34. The van der Waals surface area contributed by atoms with Crippen LogP contribution in [-0.2, 0) is 9.59 Å². The molecule has 0 saturated carbocycles. The molecule has 64 valence electrons. The molecule has 0 aliphatic carbocycles. The first-order chi connectivity index (χ1) is 4.95. The third-order valence-electron chi connectivity index (χ3n) is 1.65. The van der Waals surface area contributed by atoms with Crippen LogP contribution in [0.1, 0.15) is 13.8 Å². The van der Waals surface area contributed by atoms with Gasteiger partial charge in [0.1, 0.15) is 12.2 Å². The predicted octanol–water partition coefficient (Wildman–Crippen LogP) is -0.0954. The van der Waals surface area contributed by atoms with Crippen LogP contribution < -0.4 is 0 Å². The predicted molar refractivity (Wildman–Crippen MR) is 38.1 cm³/mol. The molecule has 1 atom stereocenters. The maximum Gasteiger partial charge on any atom is 0.314 e. The second-order valence-electron chi connectivity index (χ2n) is 3.10. The number of carbonyl (C=O) groups is 2. The standard InChI is InChI=1S/C7H12O4/c1-7(2,4-9)5(3-8)6(10)11/h3,5,9H,4H2,1-2H3,(H,10,11). The van der Waals surface area contributed by atoms with Crippen molar-refractivity contribution in [2.45, 2.75) is 13.8 Å². The van der Waals surface area contributed by atoms with Crippen LogP contribution in [0.15, 0.2) is 0 Å². The van der Waals surface area contributed by atoms with Crippen molar-refractivity contribution in [3.8, 4) is 0 Å². The minimum Gasteiger partial charge on any atom is -0.481 e. The zero-order valence-electron chi connectivity index (χ0n) is 6.57. The quantitative estimate of drug-likeness (QED) is 0.445. The van der Waals surface area contributed by atoms with Crippen molar-refractivity contribution in [2.24, 2.45) is 11.3 Å². The second-order valence-corrected chi connectivity index (χ2v) is 3.10. The van der Waals surface area contributed by atoms with Gasteiger partial charge in [0.15, 0.2) is 0 Å². The summed E-state index contributed by atoms with van der Waals surface area (Å²) in [6.45, 7) is 2.74. The van der Waals surface area contributed by atoms with E-state index in [0.717, 1.165) is 0 Å². The molecule has 0 fully saturated rings. The summed E-state index contributed by atoms with van der Waals surface area (Å²) in [5.41, 5.74) is -0.881. The number of aliphatic hydroxyl groups excluding tert-OH is 1. The van der Waals surface area contributed by atoms with Gasteiger partial charge in [0.05, 0.1) is 0 Å². The summed E-state index contributed by atoms with van der Waals surface area (Å²) < 4.78 is 0. The Balaban J connectivity index is 4.48. The molecule has 0 saturated heterocycles. The number of aldehydes is 1. The fourth-order valence-electron chi connectivity index (χ4n) is 0.675. The third-order valence-corrected chi connectivity index (χ3v) is 1.65. The number of hydrogen-bond donors (Lipinski definition) is 2. The molecule has 0 spiro atoms. The van der Waals surface area contributed by atoms with Crippen LogP contribution in [0.2, 0.25) is 0 Å². The molecule has 0 aliphatic rings. The zero-order chi connectivity index (χ0) is 9.07. The molecule has 0 radical (unpaired) electrons. The van der Waals surface area contributed by atoms with Crippen LogP contribution >= 0.6 is 0 Å². The molecule has 0 aromatic carbocycles. The van der Waals surface area contributed by atoms with Gasteiger partial charge in [0.25, 0.3) is 0 Å². The lowest BCUT2D eigenvalue weighted by molar-refractivity contribution is -0.149. The fourth-order valence-corrected chi connectivity index (χ4v) is 0.675. The topological polar surface area (TPSA) is 74.6 Å². The number of carbonyl (C=O) groups excluding carboxylic acids is 1. The lowest BCUT2D eigenvalue weighted by atomic mass is 9.80. The van der Waals surface area contributed by atoms with E-state index < -0.39 is 17.3 Å². The monoisotopic (exact) mass is 160 g/mol. The Labute approximate surface area is 64.8 Å². The van der Waals surface area contributed by atoms with E-state index in [1.807, 2.05) is 0 Å². The van der Waals surface area contributed by atoms with Gasteiger partial charge in [-0.15, -0.1) is 0 Å². The number of aliphatic carboxylic acids is 1. The first-order valence-electron chi connectivity index (χ1n) is 3.24. The smallest absolute Gasteiger partial charge is 0.314 e. The molecule has 0 bridgehead atoms. The fraction of sp³-hybridized carbons (Fsp3) is 0.714. The van der Waals surface area contributed by atoms with E-state index in [0.29, 0.717) is 6.29 Å². The summed E-state index contributed by atoms with van der Waals surface area (Å²) >= 11 is 0. The average Bonchev–Trinajstić information content (AvgIpc) is 1.88. The summed E-state index contributed by atoms with van der Waals surface area (Å²) in [5, 5.41) is 17.2. The average molecular weight is 160 g/mol. The number of carboxylic acid groups (broad SMARTS) is 1. The molecular weight excluding hydrogens is 148 g/mol. The van der Waals surface area contributed by atoms with Crippen LogP contribution in [-0.4, -0.2) is 29.1 Å². The van der Waals surface area contributed by atoms with Gasteiger partial charge in [-0.1, -0.05) is 13.8 Å². The minimum atomic E-state index is -1.20. The van der Waals surface area contributed by atoms with Gasteiger partial charge < -0.3 is 15.0 Å². The summed E-state index contributed by atoms with van der Waals surface area (Å²) in [5.74, 6) is -2.33. The van der Waals surface area contributed by atoms with E-state index in [9.17, 15) is 9.59 Å².